The van der Waals surface area contributed by atoms with Gasteiger partial charge in [-0.05, 0) is 19.1 Å². The van der Waals surface area contributed by atoms with Crippen molar-refractivity contribution >= 4 is 5.69 Å². The largest absolute Gasteiger partial charge is 0.487 e. The number of hydrogen-bond acceptors (Lipinski definition) is 6. The molecule has 0 radical (unpaired) electrons. The first-order valence-corrected chi connectivity index (χ1v) is 6.73. The molecule has 1 aliphatic carbocycles. The highest BCUT2D eigenvalue weighted by atomic mass is 16.6. The minimum atomic E-state index is -0.550. The Bertz CT molecular complexity index is 506. The summed E-state index contributed by atoms with van der Waals surface area (Å²) in [5, 5.41) is 20.5. The van der Waals surface area contributed by atoms with Crippen LogP contribution in [0.15, 0.2) is 18.2 Å². The summed E-state index contributed by atoms with van der Waals surface area (Å²) in [5.41, 5.74) is 0.595. The number of rotatable bonds is 7. The summed E-state index contributed by atoms with van der Waals surface area (Å²) in [6.07, 6.45) is -0.715. The van der Waals surface area contributed by atoms with E-state index in [0.29, 0.717) is 30.9 Å². The second-order valence-electron chi connectivity index (χ2n) is 4.99. The highest BCUT2D eigenvalue weighted by molar-refractivity contribution is 5.44. The molecule has 0 amide bonds. The molecule has 2 rings (SSSR count). The normalized spacial score (nSPS) is 24.4. The van der Waals surface area contributed by atoms with Crippen molar-refractivity contribution < 1.29 is 24.2 Å². The number of aliphatic hydroxyl groups excluding tert-OH is 1. The second kappa shape index (κ2) is 6.84. The number of nitrogens with zero attached hydrogens (tertiary/aromatic N) is 1. The van der Waals surface area contributed by atoms with Gasteiger partial charge in [0.1, 0.15) is 18.0 Å². The Morgan fingerprint density at radius 2 is 2.19 bits per heavy atom. The van der Waals surface area contributed by atoms with E-state index in [1.165, 1.54) is 6.07 Å². The molecule has 1 aromatic rings. The van der Waals surface area contributed by atoms with Crippen molar-refractivity contribution in [1.29, 1.82) is 0 Å². The Balaban J connectivity index is 1.95. The number of hydrogen-bond donors (Lipinski definition) is 1. The third-order valence-electron chi connectivity index (χ3n) is 3.47. The van der Waals surface area contributed by atoms with E-state index in [1.807, 2.05) is 0 Å². The molecule has 21 heavy (non-hydrogen) atoms. The average molecular weight is 297 g/mol. The van der Waals surface area contributed by atoms with Crippen molar-refractivity contribution in [2.75, 3.05) is 20.3 Å². The van der Waals surface area contributed by atoms with Gasteiger partial charge in [-0.2, -0.15) is 0 Å². The molecule has 7 heteroatoms. The van der Waals surface area contributed by atoms with Crippen LogP contribution in [0.1, 0.15) is 12.0 Å². The number of ether oxygens (including phenoxy) is 3. The second-order valence-corrected chi connectivity index (χ2v) is 4.99. The first-order valence-electron chi connectivity index (χ1n) is 6.73. The van der Waals surface area contributed by atoms with E-state index in [1.54, 1.807) is 26.2 Å². The highest BCUT2D eigenvalue weighted by Gasteiger charge is 2.43. The molecule has 3 atom stereocenters. The fraction of sp³-hybridized carbons (Fsp3) is 0.571. The molecule has 0 spiro atoms. The first-order chi connectivity index (χ1) is 10.0. The summed E-state index contributed by atoms with van der Waals surface area (Å²) >= 11 is 0. The first kappa shape index (κ1) is 15.7. The molecule has 1 aromatic carbocycles. The van der Waals surface area contributed by atoms with Crippen LogP contribution >= 0.6 is 0 Å². The van der Waals surface area contributed by atoms with Gasteiger partial charge < -0.3 is 19.3 Å². The zero-order valence-electron chi connectivity index (χ0n) is 12.0. The number of aryl methyl sites for hydroxylation is 1. The monoisotopic (exact) mass is 297 g/mol. The van der Waals surface area contributed by atoms with Crippen LogP contribution in [0.5, 0.6) is 5.75 Å². The van der Waals surface area contributed by atoms with Crippen LogP contribution in [0.3, 0.4) is 0 Å². The maximum atomic E-state index is 10.8. The minimum absolute atomic E-state index is 0.0592. The van der Waals surface area contributed by atoms with Gasteiger partial charge in [0.2, 0.25) is 0 Å². The molecule has 1 aliphatic rings. The van der Waals surface area contributed by atoms with Crippen molar-refractivity contribution in [3.63, 3.8) is 0 Å². The van der Waals surface area contributed by atoms with E-state index in [4.69, 9.17) is 14.2 Å². The number of benzene rings is 1. The minimum Gasteiger partial charge on any atom is -0.487 e. The van der Waals surface area contributed by atoms with Crippen LogP contribution in [-0.4, -0.2) is 48.7 Å². The van der Waals surface area contributed by atoms with Gasteiger partial charge in [0, 0.05) is 25.2 Å². The van der Waals surface area contributed by atoms with Crippen LogP contribution in [-0.2, 0) is 9.47 Å². The van der Waals surface area contributed by atoms with Crippen molar-refractivity contribution in [2.45, 2.75) is 31.7 Å². The predicted molar refractivity (Wildman–Crippen MR) is 74.5 cm³/mol. The van der Waals surface area contributed by atoms with Gasteiger partial charge in [-0.25, -0.2) is 0 Å². The summed E-state index contributed by atoms with van der Waals surface area (Å²) < 4.78 is 16.1. The smallest absolute Gasteiger partial charge is 0.272 e. The molecular weight excluding hydrogens is 278 g/mol. The number of nitro groups is 1. The standard InChI is InChI=1S/C14H19NO6/c1-9-7-10(3-4-11(9)15(17)18)21-13-8-12(16)14(13)20-6-5-19-2/h3-4,7,12-14,16H,5-6,8H2,1-2H3. The molecule has 1 saturated carbocycles. The zero-order valence-corrected chi connectivity index (χ0v) is 12.0. The predicted octanol–water partition coefficient (Wildman–Crippen LogP) is 1.45. The quantitative estimate of drug-likeness (QED) is 0.465. The molecule has 0 heterocycles. The van der Waals surface area contributed by atoms with E-state index in [2.05, 4.69) is 0 Å². The molecule has 7 nitrogen and oxygen atoms in total. The number of nitro benzene ring substituents is 1. The lowest BCUT2D eigenvalue weighted by Crippen LogP contribution is -2.55. The van der Waals surface area contributed by atoms with Gasteiger partial charge in [-0.1, -0.05) is 0 Å². The van der Waals surface area contributed by atoms with Crippen molar-refractivity contribution in [3.05, 3.63) is 33.9 Å². The third-order valence-corrected chi connectivity index (χ3v) is 3.47. The molecular formula is C14H19NO6. The van der Waals surface area contributed by atoms with Crippen molar-refractivity contribution in [1.82, 2.24) is 0 Å². The van der Waals surface area contributed by atoms with Gasteiger partial charge in [0.25, 0.3) is 5.69 Å². The Morgan fingerprint density at radius 1 is 1.43 bits per heavy atom. The summed E-state index contributed by atoms with van der Waals surface area (Å²) in [5.74, 6) is 0.537. The van der Waals surface area contributed by atoms with Crippen LogP contribution in [0, 0.1) is 17.0 Å². The van der Waals surface area contributed by atoms with Gasteiger partial charge >= 0.3 is 0 Å². The Hall–Kier alpha value is -1.70. The lowest BCUT2D eigenvalue weighted by Gasteiger charge is -2.40. The lowest BCUT2D eigenvalue weighted by atomic mass is 9.88. The highest BCUT2D eigenvalue weighted by Crippen LogP contribution is 2.31. The van der Waals surface area contributed by atoms with Crippen molar-refractivity contribution in [3.8, 4) is 5.75 Å². The molecule has 0 bridgehead atoms. The summed E-state index contributed by atoms with van der Waals surface area (Å²) in [6, 6.07) is 4.59. The van der Waals surface area contributed by atoms with E-state index in [-0.39, 0.29) is 11.8 Å². The molecule has 0 aromatic heterocycles. The van der Waals surface area contributed by atoms with Crippen LogP contribution in [0.4, 0.5) is 5.69 Å². The SMILES string of the molecule is COCCOC1C(O)CC1Oc1ccc([N+](=O)[O-])c(C)c1. The van der Waals surface area contributed by atoms with Gasteiger partial charge in [0.05, 0.1) is 24.2 Å². The topological polar surface area (TPSA) is 91.1 Å². The van der Waals surface area contributed by atoms with E-state index >= 15 is 0 Å². The van der Waals surface area contributed by atoms with E-state index < -0.39 is 17.1 Å². The van der Waals surface area contributed by atoms with Gasteiger partial charge in [-0.3, -0.25) is 10.1 Å². The Kier molecular flexibility index (Phi) is 5.11. The average Bonchev–Trinajstić information content (AvgIpc) is 2.42. The third kappa shape index (κ3) is 3.69. The zero-order chi connectivity index (χ0) is 15.4. The molecule has 0 aliphatic heterocycles. The van der Waals surface area contributed by atoms with Gasteiger partial charge in [0.15, 0.2) is 0 Å². The van der Waals surface area contributed by atoms with E-state index in [9.17, 15) is 15.2 Å². The maximum Gasteiger partial charge on any atom is 0.272 e. The molecule has 3 unspecified atom stereocenters. The Labute approximate surface area is 122 Å². The van der Waals surface area contributed by atoms with Crippen LogP contribution < -0.4 is 4.74 Å². The fourth-order valence-electron chi connectivity index (χ4n) is 2.24. The summed E-state index contributed by atoms with van der Waals surface area (Å²) in [4.78, 5) is 10.3. The molecule has 1 N–H and O–H groups in total. The van der Waals surface area contributed by atoms with Crippen LogP contribution in [0.25, 0.3) is 0 Å². The summed E-state index contributed by atoms with van der Waals surface area (Å²) in [6.45, 7) is 2.50. The lowest BCUT2D eigenvalue weighted by molar-refractivity contribution is -0.385. The maximum absolute atomic E-state index is 10.8. The number of methoxy groups -OCH3 is 1. The molecule has 116 valence electrons. The summed E-state index contributed by atoms with van der Waals surface area (Å²) in [7, 11) is 1.58. The molecule has 1 fully saturated rings. The molecule has 0 saturated heterocycles. The van der Waals surface area contributed by atoms with Crippen molar-refractivity contribution in [2.24, 2.45) is 0 Å². The van der Waals surface area contributed by atoms with Gasteiger partial charge in [-0.15, -0.1) is 0 Å². The van der Waals surface area contributed by atoms with E-state index in [0.717, 1.165) is 0 Å². The fourth-order valence-corrected chi connectivity index (χ4v) is 2.24. The Morgan fingerprint density at radius 3 is 2.76 bits per heavy atom. The van der Waals surface area contributed by atoms with Crippen LogP contribution in [0.2, 0.25) is 0 Å². The number of aliphatic hydroxyl groups is 1.